The highest BCUT2D eigenvalue weighted by Gasteiger charge is 2.34. The van der Waals surface area contributed by atoms with Crippen molar-refractivity contribution in [1.29, 1.82) is 5.26 Å². The summed E-state index contributed by atoms with van der Waals surface area (Å²) in [6, 6.07) is 5.94. The highest BCUT2D eigenvalue weighted by Crippen LogP contribution is 2.29. The number of nitrogens with zero attached hydrogens (tertiary/aromatic N) is 2. The molecule has 0 radical (unpaired) electrons. The van der Waals surface area contributed by atoms with Crippen molar-refractivity contribution in [2.24, 2.45) is 5.92 Å². The molecule has 0 aliphatic carbocycles. The summed E-state index contributed by atoms with van der Waals surface area (Å²) in [5.74, 6) is -1.30. The first kappa shape index (κ1) is 32.1. The van der Waals surface area contributed by atoms with E-state index in [-0.39, 0.29) is 24.4 Å². The average molecular weight is 578 g/mol. The van der Waals surface area contributed by atoms with Crippen molar-refractivity contribution in [2.75, 3.05) is 26.3 Å². The summed E-state index contributed by atoms with van der Waals surface area (Å²) in [6.45, 7) is 2.13. The Morgan fingerprint density at radius 1 is 1.32 bits per heavy atom. The molecule has 14 heteroatoms. The molecule has 10 nitrogen and oxygen atoms in total. The Labute approximate surface area is 236 Å². The molecular weight excluding hydrogens is 544 g/mol. The molecular formula is C27H34BF3N4O6. The fourth-order valence-corrected chi connectivity index (χ4v) is 4.72. The van der Waals surface area contributed by atoms with Gasteiger partial charge in [-0.05, 0) is 24.8 Å². The van der Waals surface area contributed by atoms with E-state index in [4.69, 9.17) is 9.15 Å². The summed E-state index contributed by atoms with van der Waals surface area (Å²) < 4.78 is 50.2. The molecule has 222 valence electrons. The summed E-state index contributed by atoms with van der Waals surface area (Å²) in [5, 5.41) is 34.0. The van der Waals surface area contributed by atoms with Crippen LogP contribution in [0.25, 0.3) is 11.0 Å². The predicted molar refractivity (Wildman–Crippen MR) is 144 cm³/mol. The van der Waals surface area contributed by atoms with Crippen molar-refractivity contribution < 1.29 is 42.0 Å². The maximum absolute atomic E-state index is 13.2. The van der Waals surface area contributed by atoms with E-state index < -0.39 is 56.4 Å². The van der Waals surface area contributed by atoms with Crippen molar-refractivity contribution >= 4 is 29.9 Å². The van der Waals surface area contributed by atoms with Gasteiger partial charge in [-0.2, -0.15) is 18.4 Å². The number of hydrogen-bond donors (Lipinski definition) is 4. The number of fused-ring (bicyclic) bond motifs is 1. The van der Waals surface area contributed by atoms with Crippen molar-refractivity contribution in [3.63, 3.8) is 0 Å². The Kier molecular flexibility index (Phi) is 11.4. The Morgan fingerprint density at radius 2 is 2.05 bits per heavy atom. The Hall–Kier alpha value is -3.38. The molecule has 1 aliphatic heterocycles. The number of likely N-dealkylation sites (tertiary alicyclic amines) is 1. The minimum Gasteiger partial charge on any atom is -0.464 e. The van der Waals surface area contributed by atoms with E-state index in [1.165, 1.54) is 11.2 Å². The number of carbonyl (C=O) groups excluding carboxylic acids is 2. The lowest BCUT2D eigenvalue weighted by Crippen LogP contribution is -2.51. The van der Waals surface area contributed by atoms with Gasteiger partial charge in [0.2, 0.25) is 5.91 Å². The molecule has 3 atom stereocenters. The Morgan fingerprint density at radius 3 is 2.71 bits per heavy atom. The molecule has 1 saturated heterocycles. The van der Waals surface area contributed by atoms with Gasteiger partial charge in [-0.15, -0.1) is 0 Å². The van der Waals surface area contributed by atoms with Crippen LogP contribution in [0.1, 0.15) is 38.3 Å². The van der Waals surface area contributed by atoms with E-state index in [0.717, 1.165) is 0 Å². The first-order chi connectivity index (χ1) is 19.4. The van der Waals surface area contributed by atoms with E-state index in [1.807, 2.05) is 19.9 Å². The first-order valence-corrected chi connectivity index (χ1v) is 13.3. The summed E-state index contributed by atoms with van der Waals surface area (Å²) >= 11 is 0. The van der Waals surface area contributed by atoms with Gasteiger partial charge in [0.25, 0.3) is 5.91 Å². The SMILES string of the molecule is CC(C)C=C(C#N)C(=O)N1CCC[C@@H]1COC[C@H](NCC(F)(F)F)C(=O)N[C@H](CB(O)O)c1coc2ccccc12. The molecule has 3 rings (SSSR count). The van der Waals surface area contributed by atoms with Crippen LogP contribution in [0.2, 0.25) is 6.32 Å². The lowest BCUT2D eigenvalue weighted by atomic mass is 9.79. The fourth-order valence-electron chi connectivity index (χ4n) is 4.72. The van der Waals surface area contributed by atoms with Crippen LogP contribution in [0.3, 0.4) is 0 Å². The lowest BCUT2D eigenvalue weighted by molar-refractivity contribution is -0.135. The number of amides is 2. The standard InChI is InChI=1S/C27H34BF3N4O6/c1-17(2)10-18(12-32)26(37)35-9-5-6-19(35)13-40-15-23(33-16-27(29,30)31)25(36)34-22(11-28(38)39)21-14-41-24-8-4-3-7-20(21)24/h3-4,7-8,10,14,17,19,22-23,33,38-39H,5-6,9,11,13,15-16H2,1-2H3,(H,34,36)/t19-,22-,23+/m1/s1. The molecule has 1 aliphatic rings. The number of furan rings is 1. The maximum atomic E-state index is 13.2. The van der Waals surface area contributed by atoms with Gasteiger partial charge in [-0.1, -0.05) is 38.1 Å². The third-order valence-corrected chi connectivity index (χ3v) is 6.60. The summed E-state index contributed by atoms with van der Waals surface area (Å²) in [6.07, 6.45) is -0.786. The van der Waals surface area contributed by atoms with Crippen LogP contribution in [0.15, 0.2) is 46.6 Å². The number of carbonyl (C=O) groups is 2. The molecule has 1 fully saturated rings. The molecule has 0 unspecified atom stereocenters. The van der Waals surface area contributed by atoms with E-state index >= 15 is 0 Å². The number of para-hydroxylation sites is 1. The Balaban J connectivity index is 1.71. The zero-order chi connectivity index (χ0) is 30.2. The third kappa shape index (κ3) is 9.32. The number of benzene rings is 1. The van der Waals surface area contributed by atoms with Crippen LogP contribution in [-0.2, 0) is 14.3 Å². The summed E-state index contributed by atoms with van der Waals surface area (Å²) in [4.78, 5) is 27.6. The van der Waals surface area contributed by atoms with E-state index in [0.29, 0.717) is 35.9 Å². The van der Waals surface area contributed by atoms with Crippen LogP contribution < -0.4 is 10.6 Å². The summed E-state index contributed by atoms with van der Waals surface area (Å²) in [5.41, 5.74) is 0.933. The second-order valence-corrected chi connectivity index (χ2v) is 10.3. The quantitative estimate of drug-likeness (QED) is 0.161. The molecule has 2 amide bonds. The molecule has 41 heavy (non-hydrogen) atoms. The first-order valence-electron chi connectivity index (χ1n) is 13.3. The zero-order valence-electron chi connectivity index (χ0n) is 22.9. The second kappa shape index (κ2) is 14.5. The van der Waals surface area contributed by atoms with Gasteiger partial charge in [0, 0.05) is 23.8 Å². The molecule has 0 bridgehead atoms. The maximum Gasteiger partial charge on any atom is 0.453 e. The van der Waals surface area contributed by atoms with Gasteiger partial charge < -0.3 is 29.4 Å². The monoisotopic (exact) mass is 578 g/mol. The van der Waals surface area contributed by atoms with Crippen LogP contribution in [0.5, 0.6) is 0 Å². The number of alkyl halides is 3. The fraction of sp³-hybridized carbons (Fsp3) is 0.519. The highest BCUT2D eigenvalue weighted by atomic mass is 19.4. The van der Waals surface area contributed by atoms with Crippen molar-refractivity contribution in [2.45, 2.75) is 57.3 Å². The van der Waals surface area contributed by atoms with Crippen molar-refractivity contribution in [1.82, 2.24) is 15.5 Å². The molecule has 1 aromatic carbocycles. The number of ether oxygens (including phenoxy) is 1. The number of halogens is 3. The number of hydrogen-bond acceptors (Lipinski definition) is 8. The van der Waals surface area contributed by atoms with Crippen molar-refractivity contribution in [3.05, 3.63) is 47.7 Å². The minimum atomic E-state index is -4.61. The van der Waals surface area contributed by atoms with Crippen LogP contribution >= 0.6 is 0 Å². The second-order valence-electron chi connectivity index (χ2n) is 10.3. The van der Waals surface area contributed by atoms with Gasteiger partial charge in [-0.25, -0.2) is 0 Å². The van der Waals surface area contributed by atoms with Gasteiger partial charge in [0.05, 0.1) is 38.1 Å². The van der Waals surface area contributed by atoms with Crippen LogP contribution in [0.4, 0.5) is 13.2 Å². The molecule has 0 saturated carbocycles. The van der Waals surface area contributed by atoms with Gasteiger partial charge in [0.15, 0.2) is 0 Å². The Bertz CT molecular complexity index is 1260. The molecule has 2 heterocycles. The topological polar surface area (TPSA) is 148 Å². The average Bonchev–Trinajstić information content (AvgIpc) is 3.54. The number of nitriles is 1. The smallest absolute Gasteiger partial charge is 0.453 e. The largest absolute Gasteiger partial charge is 0.464 e. The number of allylic oxidation sites excluding steroid dienone is 1. The molecule has 0 spiro atoms. The van der Waals surface area contributed by atoms with Crippen LogP contribution in [-0.4, -0.2) is 78.4 Å². The number of nitrogens with one attached hydrogen (secondary N) is 2. The normalized spacial score (nSPS) is 17.5. The van der Waals surface area contributed by atoms with E-state index in [1.54, 1.807) is 30.3 Å². The van der Waals surface area contributed by atoms with E-state index in [9.17, 15) is 38.1 Å². The van der Waals surface area contributed by atoms with Crippen molar-refractivity contribution in [3.8, 4) is 6.07 Å². The molecule has 4 N–H and O–H groups in total. The predicted octanol–water partition coefficient (Wildman–Crippen LogP) is 2.70. The summed E-state index contributed by atoms with van der Waals surface area (Å²) in [7, 11) is -1.82. The minimum absolute atomic E-state index is 0.0132. The van der Waals surface area contributed by atoms with E-state index in [2.05, 4.69) is 10.6 Å². The highest BCUT2D eigenvalue weighted by molar-refractivity contribution is 6.41. The van der Waals surface area contributed by atoms with Crippen LogP contribution in [0, 0.1) is 17.2 Å². The molecule has 2 aromatic rings. The lowest BCUT2D eigenvalue weighted by Gasteiger charge is -2.27. The number of rotatable bonds is 13. The van der Waals surface area contributed by atoms with Gasteiger partial charge in [0.1, 0.15) is 23.3 Å². The zero-order valence-corrected chi connectivity index (χ0v) is 22.9. The molecule has 1 aromatic heterocycles. The van der Waals surface area contributed by atoms with Gasteiger partial charge in [-0.3, -0.25) is 14.9 Å². The third-order valence-electron chi connectivity index (χ3n) is 6.60. The van der Waals surface area contributed by atoms with Gasteiger partial charge >= 0.3 is 13.3 Å².